The molecule has 2 heterocycles. The lowest BCUT2D eigenvalue weighted by molar-refractivity contribution is -0.137. The van der Waals surface area contributed by atoms with Crippen LogP contribution in [0.25, 0.3) is 28.0 Å². The van der Waals surface area contributed by atoms with Gasteiger partial charge in [0.05, 0.1) is 16.9 Å². The van der Waals surface area contributed by atoms with Crippen LogP contribution < -0.4 is 10.5 Å². The Morgan fingerprint density at radius 3 is 2.31 bits per heavy atom. The fraction of sp³-hybridized carbons (Fsp3) is 0.208. The van der Waals surface area contributed by atoms with Crippen LogP contribution in [0.3, 0.4) is 0 Å². The Morgan fingerprint density at radius 2 is 1.71 bits per heavy atom. The molecule has 0 aliphatic carbocycles. The van der Waals surface area contributed by atoms with E-state index in [9.17, 15) is 28.2 Å². The van der Waals surface area contributed by atoms with Crippen LogP contribution in [0.5, 0.6) is 0 Å². The molecule has 4 aromatic rings. The Morgan fingerprint density at radius 1 is 1.03 bits per heavy atom. The second-order valence-electron chi connectivity index (χ2n) is 7.49. The molecule has 7 nitrogen and oxygen atoms in total. The number of fused-ring (bicyclic) bond motifs is 1. The van der Waals surface area contributed by atoms with Crippen LogP contribution in [0.15, 0.2) is 70.4 Å². The molecule has 0 atom stereocenters. The molecule has 0 saturated carbocycles. The van der Waals surface area contributed by atoms with E-state index in [1.165, 1.54) is 34.5 Å². The van der Waals surface area contributed by atoms with Gasteiger partial charge in [-0.1, -0.05) is 18.2 Å². The average molecular weight is 503 g/mol. The number of hydrogen-bond acceptors (Lipinski definition) is 7. The second-order valence-corrected chi connectivity index (χ2v) is 8.34. The number of benzene rings is 2. The lowest BCUT2D eigenvalue weighted by Crippen LogP contribution is -2.36. The van der Waals surface area contributed by atoms with Gasteiger partial charge in [0.15, 0.2) is 5.65 Å². The zero-order chi connectivity index (χ0) is 25.3. The maximum absolute atomic E-state index is 13.1. The van der Waals surface area contributed by atoms with Crippen molar-refractivity contribution in [3.05, 3.63) is 76.6 Å². The summed E-state index contributed by atoms with van der Waals surface area (Å²) in [6.07, 6.45) is -4.53. The van der Waals surface area contributed by atoms with Gasteiger partial charge in [-0.3, -0.25) is 14.3 Å². The fourth-order valence-corrected chi connectivity index (χ4v) is 4.33. The predicted octanol–water partition coefficient (Wildman–Crippen LogP) is 4.28. The molecule has 4 rings (SSSR count). The number of pyridine rings is 1. The van der Waals surface area contributed by atoms with Crippen molar-refractivity contribution in [1.82, 2.24) is 14.5 Å². The number of rotatable bonds is 6. The molecule has 0 fully saturated rings. The van der Waals surface area contributed by atoms with Gasteiger partial charge in [0.25, 0.3) is 5.56 Å². The Hall–Kier alpha value is -3.41. The van der Waals surface area contributed by atoms with Crippen LogP contribution in [-0.4, -0.2) is 44.0 Å². The van der Waals surface area contributed by atoms with Gasteiger partial charge in [-0.2, -0.15) is 18.2 Å². The molecule has 2 N–H and O–H groups in total. The topological polar surface area (TPSA) is 91.5 Å². The number of halogens is 3. The van der Waals surface area contributed by atoms with Gasteiger partial charge in [-0.05, 0) is 49.6 Å². The number of nitrogens with zero attached hydrogens (tertiary/aromatic N) is 4. The first-order valence-corrected chi connectivity index (χ1v) is 11.8. The molecule has 0 spiro atoms. The molecule has 35 heavy (non-hydrogen) atoms. The van der Waals surface area contributed by atoms with Crippen LogP contribution in [0.1, 0.15) is 12.5 Å². The maximum atomic E-state index is 13.1. The lowest BCUT2D eigenvalue weighted by atomic mass is 10.1. The second kappa shape index (κ2) is 9.68. The van der Waals surface area contributed by atoms with E-state index in [4.69, 9.17) is 0 Å². The summed E-state index contributed by atoms with van der Waals surface area (Å²) in [5, 5.41) is 20.2. The van der Waals surface area contributed by atoms with Gasteiger partial charge in [-0.15, -0.1) is 11.8 Å². The highest BCUT2D eigenvalue weighted by atomic mass is 32.2. The summed E-state index contributed by atoms with van der Waals surface area (Å²) >= 11 is 1.48. The number of aliphatic hydroxyl groups is 2. The minimum Gasteiger partial charge on any atom is -0.351 e. The molecule has 2 aromatic carbocycles. The summed E-state index contributed by atoms with van der Waals surface area (Å²) in [6.45, 7) is 1.82. The van der Waals surface area contributed by atoms with Crippen molar-refractivity contribution in [2.75, 3.05) is 17.7 Å². The summed E-state index contributed by atoms with van der Waals surface area (Å²) < 4.78 is 40.4. The largest absolute Gasteiger partial charge is 0.416 e. The van der Waals surface area contributed by atoms with Crippen molar-refractivity contribution in [2.45, 2.75) is 24.4 Å². The van der Waals surface area contributed by atoms with Crippen molar-refractivity contribution in [3.63, 3.8) is 0 Å². The lowest BCUT2D eigenvalue weighted by Gasteiger charge is -2.24. The van der Waals surface area contributed by atoms with Crippen LogP contribution in [0.4, 0.5) is 19.1 Å². The summed E-state index contributed by atoms with van der Waals surface area (Å²) in [4.78, 5) is 24.0. The van der Waals surface area contributed by atoms with Gasteiger partial charge in [0.1, 0.15) is 0 Å². The highest BCUT2D eigenvalue weighted by Gasteiger charge is 2.30. The van der Waals surface area contributed by atoms with E-state index in [1.54, 1.807) is 13.0 Å². The fourth-order valence-electron chi connectivity index (χ4n) is 3.73. The number of anilines is 1. The maximum Gasteiger partial charge on any atom is 0.416 e. The molecule has 0 bridgehead atoms. The zero-order valence-electron chi connectivity index (χ0n) is 18.7. The number of aromatic nitrogens is 3. The van der Waals surface area contributed by atoms with Crippen molar-refractivity contribution < 1.29 is 23.4 Å². The van der Waals surface area contributed by atoms with E-state index in [-0.39, 0.29) is 23.8 Å². The average Bonchev–Trinajstić information content (AvgIpc) is 2.83. The Labute approximate surface area is 202 Å². The highest BCUT2D eigenvalue weighted by molar-refractivity contribution is 7.98. The van der Waals surface area contributed by atoms with Gasteiger partial charge in [0, 0.05) is 28.5 Å². The summed E-state index contributed by atoms with van der Waals surface area (Å²) in [7, 11) is 0. The molecular formula is C24H21F3N4O3S. The predicted molar refractivity (Wildman–Crippen MR) is 129 cm³/mol. The van der Waals surface area contributed by atoms with Crippen molar-refractivity contribution in [3.8, 4) is 16.9 Å². The van der Waals surface area contributed by atoms with Crippen molar-refractivity contribution in [2.24, 2.45) is 0 Å². The van der Waals surface area contributed by atoms with Crippen molar-refractivity contribution in [1.29, 1.82) is 0 Å². The van der Waals surface area contributed by atoms with E-state index >= 15 is 0 Å². The van der Waals surface area contributed by atoms with Crippen molar-refractivity contribution >= 4 is 28.7 Å². The summed E-state index contributed by atoms with van der Waals surface area (Å²) in [6, 6.07) is 14.5. The summed E-state index contributed by atoms with van der Waals surface area (Å²) in [5.41, 5.74) is 0.102. The van der Waals surface area contributed by atoms with Gasteiger partial charge >= 0.3 is 6.18 Å². The molecule has 0 amide bonds. The number of alkyl halides is 3. The van der Waals surface area contributed by atoms with E-state index in [0.717, 1.165) is 27.5 Å². The Kier molecular flexibility index (Phi) is 6.84. The quantitative estimate of drug-likeness (QED) is 0.300. The van der Waals surface area contributed by atoms with Crippen LogP contribution in [0, 0.1) is 0 Å². The molecule has 2 aromatic heterocycles. The smallest absolute Gasteiger partial charge is 0.351 e. The number of aliphatic hydroxyl groups excluding tert-OH is 1. The molecule has 0 radical (unpaired) electrons. The minimum atomic E-state index is -4.52. The van der Waals surface area contributed by atoms with Gasteiger partial charge in [0.2, 0.25) is 12.4 Å². The first kappa shape index (κ1) is 24.7. The van der Waals surface area contributed by atoms with Gasteiger partial charge < -0.3 is 10.2 Å². The minimum absolute atomic E-state index is 0.0489. The molecular weight excluding hydrogens is 481 g/mol. The third kappa shape index (κ3) is 4.75. The van der Waals surface area contributed by atoms with E-state index < -0.39 is 23.7 Å². The van der Waals surface area contributed by atoms with E-state index in [1.807, 2.05) is 30.5 Å². The van der Waals surface area contributed by atoms with Crippen LogP contribution in [-0.2, 0) is 6.18 Å². The standard InChI is InChI=1S/C24H21F3N4O3S/c1-3-30(23(33)34)22-28-20(16-6-4-5-7-18(16)35-2)17-12-13-19(32)31(21(17)29-22)15-10-8-14(9-11-15)24(25,26)27/h4-13,23,33-34H,3H2,1-2H3. The summed E-state index contributed by atoms with van der Waals surface area (Å²) in [5.74, 6) is -0.0489. The van der Waals surface area contributed by atoms with Gasteiger partial charge in [-0.25, -0.2) is 4.98 Å². The third-order valence-corrected chi connectivity index (χ3v) is 6.23. The first-order chi connectivity index (χ1) is 16.7. The molecule has 0 saturated heterocycles. The molecule has 0 aliphatic heterocycles. The molecule has 0 aliphatic rings. The molecule has 0 unspecified atom stereocenters. The SMILES string of the molecule is CCN(c1nc(-c2ccccc2SC)c2ccc(=O)n(-c3ccc(C(F)(F)F)cc3)c2n1)C(O)O. The Bertz CT molecular complexity index is 1420. The third-order valence-electron chi connectivity index (χ3n) is 5.43. The Balaban J connectivity index is 2.07. The highest BCUT2D eigenvalue weighted by Crippen LogP contribution is 2.35. The number of thioether (sulfide) groups is 1. The first-order valence-electron chi connectivity index (χ1n) is 10.5. The number of hydrogen-bond donors (Lipinski definition) is 2. The molecule has 11 heteroatoms. The van der Waals surface area contributed by atoms with E-state index in [2.05, 4.69) is 9.97 Å². The van der Waals surface area contributed by atoms with E-state index in [0.29, 0.717) is 11.1 Å². The zero-order valence-corrected chi connectivity index (χ0v) is 19.5. The normalized spacial score (nSPS) is 11.9. The monoisotopic (exact) mass is 502 g/mol. The van der Waals surface area contributed by atoms with Crippen LogP contribution >= 0.6 is 11.8 Å². The molecule has 182 valence electrons. The van der Waals surface area contributed by atoms with Crippen LogP contribution in [0.2, 0.25) is 0 Å².